The standard InChI is InChI=1S/C19H25N3O4S/c1-2-25-16-7-9-17(10-8-16)27(23,24)22-11-3-4-14(13-22)12-18-20-19(21-26-18)15-5-6-15/h7-10,14-15H,2-6,11-13H2,1H3/t14-/m0/s1. The second kappa shape index (κ2) is 7.59. The predicted molar refractivity (Wildman–Crippen MR) is 99.1 cm³/mol. The molecule has 2 aromatic rings. The second-order valence-electron chi connectivity index (χ2n) is 7.30. The number of nitrogens with zero attached hydrogens (tertiary/aromatic N) is 3. The Bertz CT molecular complexity index is 875. The summed E-state index contributed by atoms with van der Waals surface area (Å²) < 4.78 is 38.3. The first-order valence-corrected chi connectivity index (χ1v) is 11.1. The SMILES string of the molecule is CCOc1ccc(S(=O)(=O)N2CCC[C@@H](Cc3nc(C4CC4)no3)C2)cc1. The molecule has 0 bridgehead atoms. The Balaban J connectivity index is 1.42. The summed E-state index contributed by atoms with van der Waals surface area (Å²) in [4.78, 5) is 4.79. The molecule has 8 heteroatoms. The molecule has 7 nitrogen and oxygen atoms in total. The van der Waals surface area contributed by atoms with E-state index in [1.165, 1.54) is 0 Å². The Kier molecular flexibility index (Phi) is 5.19. The van der Waals surface area contributed by atoms with Crippen molar-refractivity contribution in [2.45, 2.75) is 49.8 Å². The molecule has 2 aliphatic rings. The Morgan fingerprint density at radius 2 is 2.00 bits per heavy atom. The Labute approximate surface area is 159 Å². The van der Waals surface area contributed by atoms with Crippen molar-refractivity contribution in [3.63, 3.8) is 0 Å². The van der Waals surface area contributed by atoms with Crippen molar-refractivity contribution in [3.05, 3.63) is 36.0 Å². The van der Waals surface area contributed by atoms with Crippen molar-refractivity contribution in [2.75, 3.05) is 19.7 Å². The Morgan fingerprint density at radius 1 is 1.22 bits per heavy atom. The summed E-state index contributed by atoms with van der Waals surface area (Å²) in [5.41, 5.74) is 0. The van der Waals surface area contributed by atoms with Crippen molar-refractivity contribution >= 4 is 10.0 Å². The molecular weight excluding hydrogens is 366 g/mol. The van der Waals surface area contributed by atoms with Crippen LogP contribution in [-0.4, -0.2) is 42.6 Å². The summed E-state index contributed by atoms with van der Waals surface area (Å²) in [7, 11) is -3.51. The highest BCUT2D eigenvalue weighted by molar-refractivity contribution is 7.89. The number of piperidine rings is 1. The van der Waals surface area contributed by atoms with Gasteiger partial charge in [-0.1, -0.05) is 5.16 Å². The minimum Gasteiger partial charge on any atom is -0.494 e. The second-order valence-corrected chi connectivity index (χ2v) is 9.24. The van der Waals surface area contributed by atoms with Crippen LogP contribution < -0.4 is 4.74 Å². The lowest BCUT2D eigenvalue weighted by atomic mass is 9.96. The fraction of sp³-hybridized carbons (Fsp3) is 0.579. The van der Waals surface area contributed by atoms with Crippen LogP contribution in [0.3, 0.4) is 0 Å². The van der Waals surface area contributed by atoms with E-state index >= 15 is 0 Å². The first-order valence-electron chi connectivity index (χ1n) is 9.61. The van der Waals surface area contributed by atoms with Gasteiger partial charge >= 0.3 is 0 Å². The van der Waals surface area contributed by atoms with Crippen LogP contribution in [0.2, 0.25) is 0 Å². The molecular formula is C19H25N3O4S. The van der Waals surface area contributed by atoms with E-state index in [9.17, 15) is 8.42 Å². The van der Waals surface area contributed by atoms with Gasteiger partial charge in [-0.2, -0.15) is 9.29 Å². The van der Waals surface area contributed by atoms with Crippen LogP contribution in [0, 0.1) is 5.92 Å². The van der Waals surface area contributed by atoms with Crippen molar-refractivity contribution in [1.82, 2.24) is 14.4 Å². The van der Waals surface area contributed by atoms with Crippen molar-refractivity contribution in [1.29, 1.82) is 0 Å². The Hall–Kier alpha value is -1.93. The van der Waals surface area contributed by atoms with Gasteiger partial charge in [0.15, 0.2) is 5.82 Å². The molecule has 0 amide bonds. The third-order valence-electron chi connectivity index (χ3n) is 5.14. The van der Waals surface area contributed by atoms with Crippen LogP contribution in [0.4, 0.5) is 0 Å². The van der Waals surface area contributed by atoms with Gasteiger partial charge in [0, 0.05) is 25.4 Å². The first-order chi connectivity index (χ1) is 13.1. The van der Waals surface area contributed by atoms with Crippen LogP contribution in [0.25, 0.3) is 0 Å². The summed E-state index contributed by atoms with van der Waals surface area (Å²) in [5.74, 6) is 2.77. The molecule has 4 rings (SSSR count). The van der Waals surface area contributed by atoms with E-state index in [-0.39, 0.29) is 5.92 Å². The molecule has 1 aliphatic heterocycles. The lowest BCUT2D eigenvalue weighted by Gasteiger charge is -2.31. The third-order valence-corrected chi connectivity index (χ3v) is 7.02. The highest BCUT2D eigenvalue weighted by Crippen LogP contribution is 2.38. The summed E-state index contributed by atoms with van der Waals surface area (Å²) in [6, 6.07) is 6.64. The van der Waals surface area contributed by atoms with Gasteiger partial charge in [0.25, 0.3) is 0 Å². The molecule has 1 saturated carbocycles. The molecule has 0 N–H and O–H groups in total. The average Bonchev–Trinajstić information content (AvgIpc) is 3.42. The van der Waals surface area contributed by atoms with E-state index in [1.54, 1.807) is 28.6 Å². The van der Waals surface area contributed by atoms with E-state index in [1.807, 2.05) is 6.92 Å². The molecule has 146 valence electrons. The normalized spacial score (nSPS) is 21.3. The lowest BCUT2D eigenvalue weighted by Crippen LogP contribution is -2.40. The summed E-state index contributed by atoms with van der Waals surface area (Å²) in [6.45, 7) is 3.48. The fourth-order valence-electron chi connectivity index (χ4n) is 3.54. The van der Waals surface area contributed by atoms with E-state index < -0.39 is 10.0 Å². The number of rotatable bonds is 7. The monoisotopic (exact) mass is 391 g/mol. The number of ether oxygens (including phenoxy) is 1. The van der Waals surface area contributed by atoms with Crippen LogP contribution in [0.1, 0.15) is 50.2 Å². The Morgan fingerprint density at radius 3 is 2.70 bits per heavy atom. The van der Waals surface area contributed by atoms with E-state index in [4.69, 9.17) is 9.26 Å². The third kappa shape index (κ3) is 4.16. The van der Waals surface area contributed by atoms with Gasteiger partial charge in [0.05, 0.1) is 11.5 Å². The molecule has 1 aromatic heterocycles. The van der Waals surface area contributed by atoms with Crippen molar-refractivity contribution < 1.29 is 17.7 Å². The number of hydrogen-bond acceptors (Lipinski definition) is 6. The van der Waals surface area contributed by atoms with Crippen LogP contribution in [0.15, 0.2) is 33.7 Å². The highest BCUT2D eigenvalue weighted by Gasteiger charge is 2.32. The number of hydrogen-bond donors (Lipinski definition) is 0. The summed E-state index contributed by atoms with van der Waals surface area (Å²) >= 11 is 0. The van der Waals surface area contributed by atoms with Crippen LogP contribution in [0.5, 0.6) is 5.75 Å². The van der Waals surface area contributed by atoms with E-state index in [0.29, 0.717) is 48.6 Å². The molecule has 2 fully saturated rings. The predicted octanol–water partition coefficient (Wildman–Crippen LogP) is 2.99. The van der Waals surface area contributed by atoms with Gasteiger partial charge in [-0.05, 0) is 62.8 Å². The van der Waals surface area contributed by atoms with E-state index in [0.717, 1.165) is 31.5 Å². The largest absolute Gasteiger partial charge is 0.494 e. The van der Waals surface area contributed by atoms with Gasteiger partial charge in [0.1, 0.15) is 5.75 Å². The minimum atomic E-state index is -3.51. The summed E-state index contributed by atoms with van der Waals surface area (Å²) in [5, 5.41) is 4.05. The molecule has 0 spiro atoms. The van der Waals surface area contributed by atoms with Crippen molar-refractivity contribution in [2.24, 2.45) is 5.92 Å². The molecule has 0 unspecified atom stereocenters. The fourth-order valence-corrected chi connectivity index (χ4v) is 5.10. The zero-order chi connectivity index (χ0) is 18.9. The van der Waals surface area contributed by atoms with Gasteiger partial charge in [0.2, 0.25) is 15.9 Å². The molecule has 1 aromatic carbocycles. The molecule has 2 heterocycles. The van der Waals surface area contributed by atoms with Crippen LogP contribution >= 0.6 is 0 Å². The number of benzene rings is 1. The van der Waals surface area contributed by atoms with E-state index in [2.05, 4.69) is 10.1 Å². The highest BCUT2D eigenvalue weighted by atomic mass is 32.2. The zero-order valence-electron chi connectivity index (χ0n) is 15.5. The zero-order valence-corrected chi connectivity index (χ0v) is 16.3. The average molecular weight is 391 g/mol. The quantitative estimate of drug-likeness (QED) is 0.721. The maximum atomic E-state index is 13.0. The first kappa shape index (κ1) is 18.4. The van der Waals surface area contributed by atoms with Gasteiger partial charge in [-0.25, -0.2) is 8.42 Å². The molecule has 0 radical (unpaired) electrons. The maximum Gasteiger partial charge on any atom is 0.243 e. The van der Waals surface area contributed by atoms with Gasteiger partial charge in [-0.15, -0.1) is 0 Å². The van der Waals surface area contributed by atoms with Crippen molar-refractivity contribution in [3.8, 4) is 5.75 Å². The topological polar surface area (TPSA) is 85.5 Å². The lowest BCUT2D eigenvalue weighted by molar-refractivity contribution is 0.246. The molecule has 1 atom stereocenters. The maximum absolute atomic E-state index is 13.0. The van der Waals surface area contributed by atoms with Crippen LogP contribution in [-0.2, 0) is 16.4 Å². The minimum absolute atomic E-state index is 0.198. The smallest absolute Gasteiger partial charge is 0.243 e. The van der Waals surface area contributed by atoms with Gasteiger partial charge < -0.3 is 9.26 Å². The molecule has 27 heavy (non-hydrogen) atoms. The molecule has 1 saturated heterocycles. The number of aromatic nitrogens is 2. The van der Waals surface area contributed by atoms with Gasteiger partial charge in [-0.3, -0.25) is 0 Å². The molecule has 1 aliphatic carbocycles. The summed E-state index contributed by atoms with van der Waals surface area (Å²) in [6.07, 6.45) is 4.71. The number of sulfonamides is 1.